The van der Waals surface area contributed by atoms with Gasteiger partial charge < -0.3 is 9.84 Å². The predicted octanol–water partition coefficient (Wildman–Crippen LogP) is -0.151. The van der Waals surface area contributed by atoms with Gasteiger partial charge in [0.2, 0.25) is 0 Å². The normalized spacial score (nSPS) is 28.2. The van der Waals surface area contributed by atoms with Gasteiger partial charge in [-0.2, -0.15) is 0 Å². The largest absolute Gasteiger partial charge is 0.452 e. The summed E-state index contributed by atoms with van der Waals surface area (Å²) in [5.74, 6) is -0.374. The molecule has 3 nitrogen and oxygen atoms in total. The van der Waals surface area contributed by atoms with Crippen LogP contribution >= 0.6 is 0 Å². The number of hydrogen-bond donors (Lipinski definition) is 1. The maximum atomic E-state index is 10.3. The molecule has 3 heteroatoms. The molecule has 0 spiro atoms. The highest BCUT2D eigenvalue weighted by Crippen LogP contribution is 2.08. The molecule has 2 atom stereocenters. The minimum Gasteiger partial charge on any atom is -0.452 e. The lowest BCUT2D eigenvalue weighted by Crippen LogP contribution is -2.21. The quantitative estimate of drug-likeness (QED) is 0.499. The Balaban J connectivity index is 2.50. The zero-order valence-electron chi connectivity index (χ0n) is 5.07. The van der Waals surface area contributed by atoms with Crippen molar-refractivity contribution >= 4 is 5.97 Å². The van der Waals surface area contributed by atoms with Gasteiger partial charge in [0.25, 0.3) is 0 Å². The molecule has 1 aliphatic rings. The first-order valence-electron chi connectivity index (χ1n) is 2.77. The summed E-state index contributed by atoms with van der Waals surface area (Å²) in [7, 11) is 0. The smallest absolute Gasteiger partial charge is 0.331 e. The lowest BCUT2D eigenvalue weighted by Gasteiger charge is -2.09. The Morgan fingerprint density at radius 1 is 1.89 bits per heavy atom. The third-order valence-electron chi connectivity index (χ3n) is 1.15. The van der Waals surface area contributed by atoms with Crippen molar-refractivity contribution in [3.63, 3.8) is 0 Å². The molecule has 1 rings (SSSR count). The molecule has 0 aromatic heterocycles. The van der Waals surface area contributed by atoms with Crippen LogP contribution in [-0.4, -0.2) is 23.3 Å². The van der Waals surface area contributed by atoms with E-state index in [0.717, 1.165) is 0 Å². The Hall–Kier alpha value is -0.830. The summed E-state index contributed by atoms with van der Waals surface area (Å²) >= 11 is 0. The van der Waals surface area contributed by atoms with Crippen LogP contribution in [0.25, 0.3) is 0 Å². The van der Waals surface area contributed by atoms with E-state index >= 15 is 0 Å². The number of cyclic esters (lactones) is 1. The molecule has 0 fully saturated rings. The molecule has 0 aromatic carbocycles. The molecule has 0 saturated carbocycles. The summed E-state index contributed by atoms with van der Waals surface area (Å²) in [5, 5.41) is 8.84. The highest BCUT2D eigenvalue weighted by Gasteiger charge is 2.20. The van der Waals surface area contributed by atoms with Gasteiger partial charge in [-0.1, -0.05) is 0 Å². The Morgan fingerprint density at radius 3 is 2.78 bits per heavy atom. The van der Waals surface area contributed by atoms with Crippen LogP contribution in [0.3, 0.4) is 0 Å². The van der Waals surface area contributed by atoms with E-state index in [0.29, 0.717) is 0 Å². The van der Waals surface area contributed by atoms with Crippen LogP contribution < -0.4 is 0 Å². The molecule has 1 heterocycles. The zero-order chi connectivity index (χ0) is 6.85. The minimum absolute atomic E-state index is 0.374. The van der Waals surface area contributed by atoms with Gasteiger partial charge in [-0.3, -0.25) is 0 Å². The first-order valence-corrected chi connectivity index (χ1v) is 2.77. The van der Waals surface area contributed by atoms with Gasteiger partial charge in [0.15, 0.2) is 0 Å². The van der Waals surface area contributed by atoms with E-state index in [4.69, 9.17) is 5.11 Å². The van der Waals surface area contributed by atoms with E-state index in [1.807, 2.05) is 0 Å². The molecule has 0 amide bonds. The molecule has 1 aliphatic heterocycles. The van der Waals surface area contributed by atoms with Gasteiger partial charge in [0.1, 0.15) is 6.10 Å². The van der Waals surface area contributed by atoms with Crippen LogP contribution in [0.15, 0.2) is 12.2 Å². The third-order valence-corrected chi connectivity index (χ3v) is 1.15. The van der Waals surface area contributed by atoms with Gasteiger partial charge in [0.05, 0.1) is 6.10 Å². The number of carbonyl (C=O) groups excluding carboxylic acids is 1. The molecular weight excluding hydrogens is 120 g/mol. The SMILES string of the molecule is C[C@@H](O)[C@H]1C=CC(=O)O1. The molecule has 0 aromatic rings. The molecule has 0 aliphatic carbocycles. The van der Waals surface area contributed by atoms with E-state index in [1.54, 1.807) is 13.0 Å². The number of esters is 1. The third kappa shape index (κ3) is 1.29. The Labute approximate surface area is 52.9 Å². The zero-order valence-corrected chi connectivity index (χ0v) is 5.07. The van der Waals surface area contributed by atoms with Crippen LogP contribution in [0, 0.1) is 0 Å². The van der Waals surface area contributed by atoms with Crippen molar-refractivity contribution in [3.05, 3.63) is 12.2 Å². The second-order valence-electron chi connectivity index (χ2n) is 2.00. The average Bonchev–Trinajstić information content (AvgIpc) is 2.14. The summed E-state index contributed by atoms with van der Waals surface area (Å²) in [4.78, 5) is 10.3. The van der Waals surface area contributed by atoms with Crippen molar-refractivity contribution in [3.8, 4) is 0 Å². The maximum absolute atomic E-state index is 10.3. The first-order chi connectivity index (χ1) is 4.20. The fraction of sp³-hybridized carbons (Fsp3) is 0.500. The average molecular weight is 128 g/mol. The minimum atomic E-state index is -0.604. The predicted molar refractivity (Wildman–Crippen MR) is 30.7 cm³/mol. The number of rotatable bonds is 1. The Kier molecular flexibility index (Phi) is 1.53. The molecule has 9 heavy (non-hydrogen) atoms. The van der Waals surface area contributed by atoms with Crippen LogP contribution in [0.5, 0.6) is 0 Å². The van der Waals surface area contributed by atoms with Crippen molar-refractivity contribution in [1.82, 2.24) is 0 Å². The fourth-order valence-electron chi connectivity index (χ4n) is 0.645. The van der Waals surface area contributed by atoms with Crippen molar-refractivity contribution < 1.29 is 14.6 Å². The van der Waals surface area contributed by atoms with Crippen molar-refractivity contribution in [1.29, 1.82) is 0 Å². The van der Waals surface area contributed by atoms with E-state index in [-0.39, 0.29) is 5.97 Å². The monoisotopic (exact) mass is 128 g/mol. The number of carbonyl (C=O) groups is 1. The molecule has 50 valence electrons. The van der Waals surface area contributed by atoms with Gasteiger partial charge in [-0.05, 0) is 13.0 Å². The number of hydrogen-bond acceptors (Lipinski definition) is 3. The summed E-state index contributed by atoms with van der Waals surface area (Å²) in [5.41, 5.74) is 0. The Morgan fingerprint density at radius 2 is 2.56 bits per heavy atom. The summed E-state index contributed by atoms with van der Waals surface area (Å²) in [6.07, 6.45) is 1.83. The van der Waals surface area contributed by atoms with Crippen LogP contribution in [0.4, 0.5) is 0 Å². The van der Waals surface area contributed by atoms with Crippen LogP contribution in [0.2, 0.25) is 0 Å². The standard InChI is InChI=1S/C6H8O3/c1-4(7)5-2-3-6(8)9-5/h2-5,7H,1H3/t4-,5-/m1/s1. The second kappa shape index (κ2) is 2.19. The van der Waals surface area contributed by atoms with Crippen LogP contribution in [0.1, 0.15) is 6.92 Å². The molecule has 0 unspecified atom stereocenters. The maximum Gasteiger partial charge on any atom is 0.331 e. The number of ether oxygens (including phenoxy) is 1. The van der Waals surface area contributed by atoms with Crippen molar-refractivity contribution in [2.75, 3.05) is 0 Å². The molecule has 1 N–H and O–H groups in total. The lowest BCUT2D eigenvalue weighted by molar-refractivity contribution is -0.142. The first kappa shape index (κ1) is 6.29. The molecule has 0 saturated heterocycles. The molecule has 0 radical (unpaired) electrons. The van der Waals surface area contributed by atoms with Gasteiger partial charge >= 0.3 is 5.97 Å². The topological polar surface area (TPSA) is 46.5 Å². The second-order valence-corrected chi connectivity index (χ2v) is 2.00. The summed E-state index contributed by atoms with van der Waals surface area (Å²) < 4.78 is 4.62. The van der Waals surface area contributed by atoms with Crippen molar-refractivity contribution in [2.45, 2.75) is 19.1 Å². The molecular formula is C6H8O3. The van der Waals surface area contributed by atoms with E-state index in [1.165, 1.54) is 6.08 Å². The van der Waals surface area contributed by atoms with Gasteiger partial charge in [-0.15, -0.1) is 0 Å². The van der Waals surface area contributed by atoms with Gasteiger partial charge in [0, 0.05) is 6.08 Å². The van der Waals surface area contributed by atoms with E-state index in [2.05, 4.69) is 4.74 Å². The summed E-state index contributed by atoms with van der Waals surface area (Å²) in [6.45, 7) is 1.58. The molecule has 0 bridgehead atoms. The fourth-order valence-corrected chi connectivity index (χ4v) is 0.645. The Bertz CT molecular complexity index is 148. The number of aliphatic hydroxyl groups is 1. The number of aliphatic hydroxyl groups excluding tert-OH is 1. The van der Waals surface area contributed by atoms with Crippen LogP contribution in [-0.2, 0) is 9.53 Å². The van der Waals surface area contributed by atoms with Crippen molar-refractivity contribution in [2.24, 2.45) is 0 Å². The van der Waals surface area contributed by atoms with E-state index < -0.39 is 12.2 Å². The highest BCUT2D eigenvalue weighted by molar-refractivity contribution is 5.84. The van der Waals surface area contributed by atoms with Gasteiger partial charge in [-0.25, -0.2) is 4.79 Å². The highest BCUT2D eigenvalue weighted by atomic mass is 16.6. The van der Waals surface area contributed by atoms with E-state index in [9.17, 15) is 4.79 Å². The summed E-state index contributed by atoms with van der Waals surface area (Å²) in [6, 6.07) is 0. The lowest BCUT2D eigenvalue weighted by atomic mass is 10.2.